The number of nitrogens with one attached hydrogen (secondary N) is 1. The van der Waals surface area contributed by atoms with Crippen molar-refractivity contribution in [2.75, 3.05) is 32.1 Å². The van der Waals surface area contributed by atoms with Gasteiger partial charge in [0.25, 0.3) is 11.8 Å². The lowest BCUT2D eigenvalue weighted by molar-refractivity contribution is -0.134. The highest BCUT2D eigenvalue weighted by Gasteiger charge is 2.27. The average molecular weight is 467 g/mol. The van der Waals surface area contributed by atoms with Crippen molar-refractivity contribution in [3.63, 3.8) is 0 Å². The quantitative estimate of drug-likeness (QED) is 0.568. The molecular formula is C24H26N4O4S. The molecule has 2 aromatic carbocycles. The van der Waals surface area contributed by atoms with Crippen LogP contribution >= 0.6 is 11.3 Å². The van der Waals surface area contributed by atoms with Crippen LogP contribution in [-0.4, -0.2) is 53.7 Å². The lowest BCUT2D eigenvalue weighted by Crippen LogP contribution is -2.40. The average Bonchev–Trinajstić information content (AvgIpc) is 3.34. The van der Waals surface area contributed by atoms with Gasteiger partial charge < -0.3 is 19.7 Å². The molecule has 1 fully saturated rings. The van der Waals surface area contributed by atoms with Crippen LogP contribution in [-0.2, 0) is 4.79 Å². The van der Waals surface area contributed by atoms with Gasteiger partial charge in [-0.15, -0.1) is 10.2 Å². The Kier molecular flexibility index (Phi) is 7.19. The van der Waals surface area contributed by atoms with Gasteiger partial charge in [0.05, 0.1) is 7.11 Å². The molecule has 0 spiro atoms. The highest BCUT2D eigenvalue weighted by atomic mass is 32.1. The number of ether oxygens (including phenoxy) is 2. The molecule has 0 atom stereocenters. The van der Waals surface area contributed by atoms with Gasteiger partial charge in [-0.3, -0.25) is 9.59 Å². The third-order valence-electron chi connectivity index (χ3n) is 5.53. The Hall–Kier alpha value is -3.46. The first-order valence-corrected chi connectivity index (χ1v) is 11.6. The predicted octanol–water partition coefficient (Wildman–Crippen LogP) is 3.89. The van der Waals surface area contributed by atoms with E-state index in [2.05, 4.69) is 15.5 Å². The SMILES string of the molecule is COc1ccc(NC(=O)c2nnc(C3CCN(C(=O)COc4cccc(C)c4)CC3)s2)cc1. The van der Waals surface area contributed by atoms with Gasteiger partial charge >= 0.3 is 0 Å². The highest BCUT2D eigenvalue weighted by molar-refractivity contribution is 7.13. The number of benzene rings is 2. The van der Waals surface area contributed by atoms with Crippen molar-refractivity contribution < 1.29 is 19.1 Å². The number of piperidine rings is 1. The molecule has 1 aromatic heterocycles. The molecule has 172 valence electrons. The Morgan fingerprint density at radius 3 is 2.55 bits per heavy atom. The summed E-state index contributed by atoms with van der Waals surface area (Å²) in [5.41, 5.74) is 1.76. The van der Waals surface area contributed by atoms with Crippen LogP contribution in [0.15, 0.2) is 48.5 Å². The first-order chi connectivity index (χ1) is 16.0. The molecule has 0 aliphatic carbocycles. The van der Waals surface area contributed by atoms with Crippen molar-refractivity contribution in [3.05, 3.63) is 64.1 Å². The van der Waals surface area contributed by atoms with Gasteiger partial charge in [-0.05, 0) is 61.7 Å². The molecule has 2 heterocycles. The van der Waals surface area contributed by atoms with Gasteiger partial charge in [0.15, 0.2) is 6.61 Å². The van der Waals surface area contributed by atoms with Gasteiger partial charge in [0.1, 0.15) is 16.5 Å². The number of carbonyl (C=O) groups is 2. The van der Waals surface area contributed by atoms with Crippen LogP contribution in [0.4, 0.5) is 5.69 Å². The maximum atomic E-state index is 12.5. The Labute approximate surface area is 196 Å². The van der Waals surface area contributed by atoms with E-state index in [1.54, 1.807) is 31.4 Å². The van der Waals surface area contributed by atoms with E-state index < -0.39 is 0 Å². The normalized spacial score (nSPS) is 14.1. The fraction of sp³-hybridized carbons (Fsp3) is 0.333. The first-order valence-electron chi connectivity index (χ1n) is 10.8. The van der Waals surface area contributed by atoms with E-state index in [0.29, 0.717) is 29.5 Å². The molecule has 0 radical (unpaired) electrons. The van der Waals surface area contributed by atoms with Crippen LogP contribution < -0.4 is 14.8 Å². The second-order valence-electron chi connectivity index (χ2n) is 7.89. The van der Waals surface area contributed by atoms with Crippen molar-refractivity contribution >= 4 is 28.8 Å². The van der Waals surface area contributed by atoms with E-state index in [1.165, 1.54) is 11.3 Å². The summed E-state index contributed by atoms with van der Waals surface area (Å²) in [7, 11) is 1.59. The molecule has 2 amide bonds. The Balaban J connectivity index is 1.26. The summed E-state index contributed by atoms with van der Waals surface area (Å²) in [4.78, 5) is 26.9. The van der Waals surface area contributed by atoms with Crippen LogP contribution in [0.3, 0.4) is 0 Å². The Morgan fingerprint density at radius 1 is 1.09 bits per heavy atom. The number of likely N-dealkylation sites (tertiary alicyclic amines) is 1. The molecule has 3 aromatic rings. The summed E-state index contributed by atoms with van der Waals surface area (Å²) >= 11 is 1.31. The zero-order valence-electron chi connectivity index (χ0n) is 18.6. The summed E-state index contributed by atoms with van der Waals surface area (Å²) in [5.74, 6) is 1.30. The van der Waals surface area contributed by atoms with Crippen LogP contribution in [0.2, 0.25) is 0 Å². The molecule has 9 heteroatoms. The molecule has 0 saturated carbocycles. The standard InChI is InChI=1S/C24H26N4O4S/c1-16-4-3-5-20(14-16)32-15-21(29)28-12-10-17(11-13-28)23-26-27-24(33-23)22(30)25-18-6-8-19(31-2)9-7-18/h3-9,14,17H,10-13,15H2,1-2H3,(H,25,30). The summed E-state index contributed by atoms with van der Waals surface area (Å²) in [6, 6.07) is 14.8. The number of anilines is 1. The maximum absolute atomic E-state index is 12.5. The van der Waals surface area contributed by atoms with E-state index in [1.807, 2.05) is 36.1 Å². The molecule has 1 N–H and O–H groups in total. The topological polar surface area (TPSA) is 93.6 Å². The van der Waals surface area contributed by atoms with E-state index in [0.717, 1.165) is 29.2 Å². The largest absolute Gasteiger partial charge is 0.497 e. The monoisotopic (exact) mass is 466 g/mol. The Bertz CT molecular complexity index is 1110. The number of amides is 2. The number of hydrogen-bond donors (Lipinski definition) is 1. The van der Waals surface area contributed by atoms with Crippen molar-refractivity contribution in [1.82, 2.24) is 15.1 Å². The lowest BCUT2D eigenvalue weighted by Gasteiger charge is -2.30. The van der Waals surface area contributed by atoms with Crippen molar-refractivity contribution in [2.45, 2.75) is 25.7 Å². The molecule has 4 rings (SSSR count). The number of nitrogens with zero attached hydrogens (tertiary/aromatic N) is 3. The minimum Gasteiger partial charge on any atom is -0.497 e. The van der Waals surface area contributed by atoms with Crippen LogP contribution in [0.1, 0.15) is 39.1 Å². The number of methoxy groups -OCH3 is 1. The van der Waals surface area contributed by atoms with E-state index in [4.69, 9.17) is 9.47 Å². The van der Waals surface area contributed by atoms with Crippen molar-refractivity contribution in [1.29, 1.82) is 0 Å². The summed E-state index contributed by atoms with van der Waals surface area (Å²) in [6.07, 6.45) is 1.57. The summed E-state index contributed by atoms with van der Waals surface area (Å²) in [6.45, 7) is 3.28. The van der Waals surface area contributed by atoms with Crippen LogP contribution in [0, 0.1) is 6.92 Å². The molecule has 1 aliphatic rings. The van der Waals surface area contributed by atoms with Gasteiger partial charge in [-0.2, -0.15) is 0 Å². The number of hydrogen-bond acceptors (Lipinski definition) is 7. The van der Waals surface area contributed by atoms with E-state index in [9.17, 15) is 9.59 Å². The number of rotatable bonds is 7. The van der Waals surface area contributed by atoms with Gasteiger partial charge in [0.2, 0.25) is 5.01 Å². The van der Waals surface area contributed by atoms with Crippen molar-refractivity contribution in [3.8, 4) is 11.5 Å². The predicted molar refractivity (Wildman–Crippen MR) is 126 cm³/mol. The third-order valence-corrected chi connectivity index (χ3v) is 6.62. The number of aryl methyl sites for hydroxylation is 1. The van der Waals surface area contributed by atoms with Gasteiger partial charge in [0, 0.05) is 24.7 Å². The molecule has 0 bridgehead atoms. The fourth-order valence-electron chi connectivity index (χ4n) is 3.67. The first kappa shape index (κ1) is 22.7. The molecule has 1 saturated heterocycles. The minimum atomic E-state index is -0.287. The van der Waals surface area contributed by atoms with E-state index >= 15 is 0 Å². The second-order valence-corrected chi connectivity index (χ2v) is 8.90. The molecular weight excluding hydrogens is 440 g/mol. The molecule has 1 aliphatic heterocycles. The third kappa shape index (κ3) is 5.87. The zero-order valence-corrected chi connectivity index (χ0v) is 19.4. The summed E-state index contributed by atoms with van der Waals surface area (Å²) < 4.78 is 10.8. The summed E-state index contributed by atoms with van der Waals surface area (Å²) in [5, 5.41) is 12.3. The number of aromatic nitrogens is 2. The zero-order chi connectivity index (χ0) is 23.2. The lowest BCUT2D eigenvalue weighted by atomic mass is 9.98. The fourth-order valence-corrected chi connectivity index (χ4v) is 4.58. The smallest absolute Gasteiger partial charge is 0.286 e. The van der Waals surface area contributed by atoms with E-state index in [-0.39, 0.29) is 24.3 Å². The van der Waals surface area contributed by atoms with Crippen LogP contribution in [0.5, 0.6) is 11.5 Å². The maximum Gasteiger partial charge on any atom is 0.286 e. The van der Waals surface area contributed by atoms with Crippen molar-refractivity contribution in [2.24, 2.45) is 0 Å². The molecule has 33 heavy (non-hydrogen) atoms. The minimum absolute atomic E-state index is 0.0215. The molecule has 0 unspecified atom stereocenters. The Morgan fingerprint density at radius 2 is 1.85 bits per heavy atom. The number of carbonyl (C=O) groups excluding carboxylic acids is 2. The highest BCUT2D eigenvalue weighted by Crippen LogP contribution is 2.30. The second kappa shape index (κ2) is 10.4. The van der Waals surface area contributed by atoms with Gasteiger partial charge in [-0.25, -0.2) is 0 Å². The molecule has 8 nitrogen and oxygen atoms in total. The van der Waals surface area contributed by atoms with Crippen LogP contribution in [0.25, 0.3) is 0 Å². The van der Waals surface area contributed by atoms with Gasteiger partial charge in [-0.1, -0.05) is 23.5 Å².